The monoisotopic (exact) mass is 324 g/mol. The highest BCUT2D eigenvalue weighted by Gasteiger charge is 2.40. The molecule has 5 heteroatoms. The minimum absolute atomic E-state index is 0.130. The van der Waals surface area contributed by atoms with Crippen LogP contribution in [0.4, 0.5) is 11.4 Å². The number of imide groups is 1. The van der Waals surface area contributed by atoms with E-state index in [2.05, 4.69) is 5.32 Å². The van der Waals surface area contributed by atoms with Gasteiger partial charge in [0.05, 0.1) is 24.9 Å². The number of nitrogens with zero attached hydrogens (tertiary/aromatic N) is 1. The maximum Gasteiger partial charge on any atom is 0.256 e. The van der Waals surface area contributed by atoms with Crippen molar-refractivity contribution < 1.29 is 14.3 Å². The molecule has 2 aromatic rings. The zero-order chi connectivity index (χ0) is 17.3. The summed E-state index contributed by atoms with van der Waals surface area (Å²) in [4.78, 5) is 26.6. The van der Waals surface area contributed by atoms with Crippen LogP contribution in [0, 0.1) is 13.8 Å². The smallest absolute Gasteiger partial charge is 0.256 e. The number of methoxy groups -OCH3 is 1. The highest BCUT2D eigenvalue weighted by molar-refractivity contribution is 6.23. The second kappa shape index (κ2) is 6.35. The van der Waals surface area contributed by atoms with Crippen molar-refractivity contribution in [3.63, 3.8) is 0 Å². The van der Waals surface area contributed by atoms with Crippen molar-refractivity contribution in [1.29, 1.82) is 0 Å². The third-order valence-corrected chi connectivity index (χ3v) is 4.25. The third-order valence-electron chi connectivity index (χ3n) is 4.25. The van der Waals surface area contributed by atoms with Gasteiger partial charge >= 0.3 is 0 Å². The fourth-order valence-corrected chi connectivity index (χ4v) is 3.09. The number of ether oxygens (including phenoxy) is 1. The maximum absolute atomic E-state index is 12.8. The summed E-state index contributed by atoms with van der Waals surface area (Å²) in [5.41, 5.74) is 3.22. The van der Waals surface area contributed by atoms with Crippen molar-refractivity contribution in [3.8, 4) is 5.75 Å². The van der Waals surface area contributed by atoms with E-state index < -0.39 is 6.04 Å². The Morgan fingerprint density at radius 2 is 1.71 bits per heavy atom. The van der Waals surface area contributed by atoms with Gasteiger partial charge in [0, 0.05) is 0 Å². The Bertz CT molecular complexity index is 781. The minimum atomic E-state index is -0.590. The van der Waals surface area contributed by atoms with E-state index in [9.17, 15) is 9.59 Å². The summed E-state index contributed by atoms with van der Waals surface area (Å²) in [7, 11) is 1.57. The first-order valence-electron chi connectivity index (χ1n) is 7.85. The Labute approximate surface area is 141 Å². The molecule has 0 aliphatic carbocycles. The lowest BCUT2D eigenvalue weighted by Gasteiger charge is -2.20. The molecule has 1 atom stereocenters. The lowest BCUT2D eigenvalue weighted by atomic mass is 10.1. The fraction of sp³-hybridized carbons (Fsp3) is 0.263. The van der Waals surface area contributed by atoms with Gasteiger partial charge in [0.25, 0.3) is 5.91 Å². The fourth-order valence-electron chi connectivity index (χ4n) is 3.09. The van der Waals surface area contributed by atoms with Crippen LogP contribution in [-0.4, -0.2) is 25.0 Å². The Kier molecular flexibility index (Phi) is 4.25. The molecule has 1 unspecified atom stereocenters. The van der Waals surface area contributed by atoms with Gasteiger partial charge in [0.1, 0.15) is 11.8 Å². The Balaban J connectivity index is 1.90. The third kappa shape index (κ3) is 2.73. The first kappa shape index (κ1) is 16.1. The summed E-state index contributed by atoms with van der Waals surface area (Å²) in [5.74, 6) is 0.219. The quantitative estimate of drug-likeness (QED) is 0.878. The minimum Gasteiger partial charge on any atom is -0.495 e. The highest BCUT2D eigenvalue weighted by Crippen LogP contribution is 2.32. The molecule has 0 saturated carbocycles. The molecule has 0 bridgehead atoms. The van der Waals surface area contributed by atoms with Crippen LogP contribution in [0.15, 0.2) is 42.5 Å². The zero-order valence-corrected chi connectivity index (χ0v) is 14.0. The van der Waals surface area contributed by atoms with Gasteiger partial charge in [-0.1, -0.05) is 30.3 Å². The van der Waals surface area contributed by atoms with E-state index in [-0.39, 0.29) is 18.2 Å². The molecule has 1 saturated heterocycles. The second-order valence-electron chi connectivity index (χ2n) is 5.91. The van der Waals surface area contributed by atoms with Crippen molar-refractivity contribution in [2.45, 2.75) is 26.3 Å². The van der Waals surface area contributed by atoms with E-state index in [1.165, 1.54) is 4.90 Å². The standard InChI is InChI=1S/C19H20N2O3/c1-12-7-6-8-13(2)18(12)21-17(22)11-15(19(21)23)20-14-9-4-5-10-16(14)24-3/h4-10,15,20H,11H2,1-3H3. The predicted octanol–water partition coefficient (Wildman–Crippen LogP) is 3.06. The second-order valence-corrected chi connectivity index (χ2v) is 5.91. The van der Waals surface area contributed by atoms with Crippen LogP contribution in [0.1, 0.15) is 17.5 Å². The van der Waals surface area contributed by atoms with Gasteiger partial charge in [-0.3, -0.25) is 9.59 Å². The van der Waals surface area contributed by atoms with E-state index in [1.54, 1.807) is 7.11 Å². The van der Waals surface area contributed by atoms with E-state index in [4.69, 9.17) is 4.74 Å². The number of nitrogens with one attached hydrogen (secondary N) is 1. The van der Waals surface area contributed by atoms with Crippen LogP contribution in [0.5, 0.6) is 5.75 Å². The Morgan fingerprint density at radius 3 is 2.38 bits per heavy atom. The molecule has 1 aliphatic heterocycles. The van der Waals surface area contributed by atoms with Crippen molar-refractivity contribution in [2.24, 2.45) is 0 Å². The first-order chi connectivity index (χ1) is 11.5. The average Bonchev–Trinajstić information content (AvgIpc) is 2.83. The zero-order valence-electron chi connectivity index (χ0n) is 14.0. The van der Waals surface area contributed by atoms with Gasteiger partial charge < -0.3 is 10.1 Å². The van der Waals surface area contributed by atoms with Gasteiger partial charge in [-0.15, -0.1) is 0 Å². The number of rotatable bonds is 4. The molecule has 2 aromatic carbocycles. The molecule has 5 nitrogen and oxygen atoms in total. The Morgan fingerprint density at radius 1 is 1.04 bits per heavy atom. The molecule has 0 aromatic heterocycles. The summed E-state index contributed by atoms with van der Waals surface area (Å²) in [6, 6.07) is 12.5. The van der Waals surface area contributed by atoms with Crippen molar-refractivity contribution in [2.75, 3.05) is 17.3 Å². The van der Waals surface area contributed by atoms with E-state index in [1.807, 2.05) is 56.3 Å². The van der Waals surface area contributed by atoms with E-state index in [0.717, 1.165) is 11.1 Å². The number of benzene rings is 2. The van der Waals surface area contributed by atoms with E-state index >= 15 is 0 Å². The molecular formula is C19H20N2O3. The van der Waals surface area contributed by atoms with Gasteiger partial charge in [-0.05, 0) is 37.1 Å². The molecule has 2 amide bonds. The SMILES string of the molecule is COc1ccccc1NC1CC(=O)N(c2c(C)cccc2C)C1=O. The molecule has 0 spiro atoms. The first-order valence-corrected chi connectivity index (χ1v) is 7.85. The van der Waals surface area contributed by atoms with Gasteiger partial charge in [0.15, 0.2) is 0 Å². The van der Waals surface area contributed by atoms with Gasteiger partial charge in [0.2, 0.25) is 5.91 Å². The number of carbonyl (C=O) groups excluding carboxylic acids is 2. The maximum atomic E-state index is 12.8. The number of aryl methyl sites for hydroxylation is 2. The van der Waals surface area contributed by atoms with Crippen molar-refractivity contribution in [3.05, 3.63) is 53.6 Å². The van der Waals surface area contributed by atoms with Crippen LogP contribution in [-0.2, 0) is 9.59 Å². The van der Waals surface area contributed by atoms with Crippen LogP contribution in [0.3, 0.4) is 0 Å². The van der Waals surface area contributed by atoms with Crippen molar-refractivity contribution in [1.82, 2.24) is 0 Å². The number of hydrogen-bond acceptors (Lipinski definition) is 4. The van der Waals surface area contributed by atoms with Crippen LogP contribution < -0.4 is 15.0 Å². The molecule has 124 valence electrons. The number of anilines is 2. The van der Waals surface area contributed by atoms with Gasteiger partial charge in [-0.2, -0.15) is 0 Å². The summed E-state index contributed by atoms with van der Waals surface area (Å²) in [5, 5.41) is 3.14. The molecule has 1 heterocycles. The highest BCUT2D eigenvalue weighted by atomic mass is 16.5. The summed E-state index contributed by atoms with van der Waals surface area (Å²) in [6.07, 6.45) is 0.130. The summed E-state index contributed by atoms with van der Waals surface area (Å²) >= 11 is 0. The van der Waals surface area contributed by atoms with Crippen molar-refractivity contribution >= 4 is 23.2 Å². The summed E-state index contributed by atoms with van der Waals surface area (Å²) < 4.78 is 5.30. The number of amides is 2. The van der Waals surface area contributed by atoms with Gasteiger partial charge in [-0.25, -0.2) is 4.90 Å². The number of para-hydroxylation sites is 3. The lowest BCUT2D eigenvalue weighted by molar-refractivity contribution is -0.121. The molecule has 1 aliphatic rings. The molecule has 0 radical (unpaired) electrons. The average molecular weight is 324 g/mol. The number of hydrogen-bond donors (Lipinski definition) is 1. The van der Waals surface area contributed by atoms with E-state index in [0.29, 0.717) is 17.1 Å². The molecular weight excluding hydrogens is 304 g/mol. The molecule has 3 rings (SSSR count). The summed E-state index contributed by atoms with van der Waals surface area (Å²) in [6.45, 7) is 3.81. The molecule has 1 N–H and O–H groups in total. The molecule has 1 fully saturated rings. The Hall–Kier alpha value is -2.82. The lowest BCUT2D eigenvalue weighted by Crippen LogP contribution is -2.35. The van der Waals surface area contributed by atoms with Crippen LogP contribution in [0.2, 0.25) is 0 Å². The largest absolute Gasteiger partial charge is 0.495 e. The molecule has 24 heavy (non-hydrogen) atoms. The normalized spacial score (nSPS) is 17.3. The topological polar surface area (TPSA) is 58.6 Å². The predicted molar refractivity (Wildman–Crippen MR) is 93.4 cm³/mol. The van der Waals surface area contributed by atoms with Crippen LogP contribution >= 0.6 is 0 Å². The van der Waals surface area contributed by atoms with Crippen LogP contribution in [0.25, 0.3) is 0 Å². The number of carbonyl (C=O) groups is 2.